The van der Waals surface area contributed by atoms with Crippen molar-refractivity contribution < 1.29 is 14.4 Å². The molecule has 8 heteroatoms. The van der Waals surface area contributed by atoms with Gasteiger partial charge in [-0.15, -0.1) is 17.9 Å². The highest BCUT2D eigenvalue weighted by atomic mass is 35.5. The summed E-state index contributed by atoms with van der Waals surface area (Å²) >= 11 is 7.33. The maximum absolute atomic E-state index is 13.3. The molecule has 0 unspecified atom stereocenters. The Morgan fingerprint density at radius 2 is 1.90 bits per heavy atom. The maximum atomic E-state index is 13.3. The summed E-state index contributed by atoms with van der Waals surface area (Å²) < 4.78 is 0. The molecule has 1 aliphatic carbocycles. The van der Waals surface area contributed by atoms with E-state index in [-0.39, 0.29) is 36.9 Å². The molecule has 1 aromatic carbocycles. The Kier molecular flexibility index (Phi) is 8.26. The van der Waals surface area contributed by atoms with Gasteiger partial charge in [-0.05, 0) is 42.0 Å². The van der Waals surface area contributed by atoms with Crippen LogP contribution >= 0.6 is 22.9 Å². The fourth-order valence-corrected chi connectivity index (χ4v) is 4.48. The Balaban J connectivity index is 1.80. The first-order valence-electron chi connectivity index (χ1n) is 10.3. The number of nitrogens with one attached hydrogen (secondary N) is 2. The second-order valence-electron chi connectivity index (χ2n) is 7.44. The number of carbonyl (C=O) groups is 3. The highest BCUT2D eigenvalue weighted by Crippen LogP contribution is 2.25. The van der Waals surface area contributed by atoms with Crippen LogP contribution in [0, 0.1) is 0 Å². The van der Waals surface area contributed by atoms with E-state index in [1.165, 1.54) is 16.2 Å². The normalized spacial score (nSPS) is 14.6. The first kappa shape index (κ1) is 23.0. The van der Waals surface area contributed by atoms with Crippen LogP contribution in [0.25, 0.3) is 0 Å². The van der Waals surface area contributed by atoms with Gasteiger partial charge in [-0.1, -0.05) is 48.7 Å². The lowest BCUT2D eigenvalue weighted by Gasteiger charge is -2.31. The summed E-state index contributed by atoms with van der Waals surface area (Å²) in [5, 5.41) is 8.07. The number of benzene rings is 1. The summed E-state index contributed by atoms with van der Waals surface area (Å²) in [6.07, 6.45) is 5.61. The van der Waals surface area contributed by atoms with Crippen molar-refractivity contribution in [3.05, 3.63) is 69.9 Å². The number of thiophene rings is 1. The summed E-state index contributed by atoms with van der Waals surface area (Å²) in [5.41, 5.74) is 0.652. The van der Waals surface area contributed by atoms with E-state index in [1.807, 2.05) is 0 Å². The molecule has 0 bridgehead atoms. The SMILES string of the molecule is C=CCN(C(=O)CNC(=O)c1cccs1)[C@@H](C(=O)NC1CCCC1)c1ccc(Cl)cc1. The van der Waals surface area contributed by atoms with Crippen molar-refractivity contribution in [2.75, 3.05) is 13.1 Å². The molecule has 3 amide bonds. The predicted molar refractivity (Wildman–Crippen MR) is 123 cm³/mol. The van der Waals surface area contributed by atoms with Crippen LogP contribution in [0.3, 0.4) is 0 Å². The fourth-order valence-electron chi connectivity index (χ4n) is 3.71. The monoisotopic (exact) mass is 459 g/mol. The molecule has 1 fully saturated rings. The molecule has 0 radical (unpaired) electrons. The van der Waals surface area contributed by atoms with E-state index in [2.05, 4.69) is 17.2 Å². The van der Waals surface area contributed by atoms with E-state index in [1.54, 1.807) is 47.9 Å². The van der Waals surface area contributed by atoms with Gasteiger partial charge in [-0.25, -0.2) is 0 Å². The Labute approximate surface area is 191 Å². The van der Waals surface area contributed by atoms with Crippen LogP contribution in [0.2, 0.25) is 5.02 Å². The van der Waals surface area contributed by atoms with Gasteiger partial charge in [-0.2, -0.15) is 0 Å². The number of halogens is 1. The number of hydrogen-bond acceptors (Lipinski definition) is 4. The molecule has 1 saturated carbocycles. The fraction of sp³-hybridized carbons (Fsp3) is 0.348. The van der Waals surface area contributed by atoms with Gasteiger partial charge in [0.05, 0.1) is 11.4 Å². The number of carbonyl (C=O) groups excluding carboxylic acids is 3. The molecule has 1 aliphatic rings. The quantitative estimate of drug-likeness (QED) is 0.557. The summed E-state index contributed by atoms with van der Waals surface area (Å²) in [5.74, 6) is -0.930. The number of nitrogens with zero attached hydrogens (tertiary/aromatic N) is 1. The first-order valence-corrected chi connectivity index (χ1v) is 11.5. The molecule has 31 heavy (non-hydrogen) atoms. The van der Waals surface area contributed by atoms with Gasteiger partial charge in [0.2, 0.25) is 11.8 Å². The lowest BCUT2D eigenvalue weighted by molar-refractivity contribution is -0.139. The van der Waals surface area contributed by atoms with Crippen molar-refractivity contribution in [2.24, 2.45) is 0 Å². The van der Waals surface area contributed by atoms with E-state index in [4.69, 9.17) is 11.6 Å². The highest BCUT2D eigenvalue weighted by molar-refractivity contribution is 7.12. The van der Waals surface area contributed by atoms with Gasteiger partial charge in [0.1, 0.15) is 6.04 Å². The molecule has 1 atom stereocenters. The maximum Gasteiger partial charge on any atom is 0.261 e. The van der Waals surface area contributed by atoms with Crippen molar-refractivity contribution in [1.82, 2.24) is 15.5 Å². The van der Waals surface area contributed by atoms with Crippen LogP contribution in [0.4, 0.5) is 0 Å². The van der Waals surface area contributed by atoms with Crippen LogP contribution < -0.4 is 10.6 Å². The zero-order valence-corrected chi connectivity index (χ0v) is 18.8. The van der Waals surface area contributed by atoms with Gasteiger partial charge in [-0.3, -0.25) is 14.4 Å². The zero-order chi connectivity index (χ0) is 22.2. The second kappa shape index (κ2) is 11.1. The van der Waals surface area contributed by atoms with Crippen LogP contribution in [-0.4, -0.2) is 41.8 Å². The summed E-state index contributed by atoms with van der Waals surface area (Å²) in [7, 11) is 0. The largest absolute Gasteiger partial charge is 0.351 e. The molecule has 0 saturated heterocycles. The lowest BCUT2D eigenvalue weighted by atomic mass is 10.0. The molecule has 3 rings (SSSR count). The molecule has 6 nitrogen and oxygen atoms in total. The standard InChI is InChI=1S/C23H26ClN3O3S/c1-2-13-27(20(28)15-25-22(29)19-8-5-14-31-19)21(16-9-11-17(24)12-10-16)23(30)26-18-6-3-4-7-18/h2,5,8-12,14,18,21H,1,3-4,6-7,13,15H2,(H,25,29)(H,26,30)/t21-/m1/s1. The van der Waals surface area contributed by atoms with Crippen LogP contribution in [0.15, 0.2) is 54.4 Å². The molecule has 164 valence electrons. The molecule has 1 aromatic heterocycles. The third kappa shape index (κ3) is 6.18. The van der Waals surface area contributed by atoms with Crippen molar-refractivity contribution in [3.63, 3.8) is 0 Å². The van der Waals surface area contributed by atoms with Gasteiger partial charge >= 0.3 is 0 Å². The minimum Gasteiger partial charge on any atom is -0.351 e. The Bertz CT molecular complexity index is 909. The summed E-state index contributed by atoms with van der Waals surface area (Å²) in [6.45, 7) is 3.69. The Morgan fingerprint density at radius 3 is 2.52 bits per heavy atom. The number of rotatable bonds is 9. The predicted octanol–water partition coefficient (Wildman–Crippen LogP) is 3.95. The summed E-state index contributed by atoms with van der Waals surface area (Å²) in [4.78, 5) is 40.6. The molecular weight excluding hydrogens is 434 g/mol. The highest BCUT2D eigenvalue weighted by Gasteiger charge is 2.32. The van der Waals surface area contributed by atoms with Crippen LogP contribution in [0.1, 0.15) is 47.0 Å². The average Bonchev–Trinajstić information content (AvgIpc) is 3.47. The molecule has 1 heterocycles. The van der Waals surface area contributed by atoms with Crippen molar-refractivity contribution in [1.29, 1.82) is 0 Å². The van der Waals surface area contributed by atoms with Crippen LogP contribution in [-0.2, 0) is 9.59 Å². The second-order valence-corrected chi connectivity index (χ2v) is 8.82. The lowest BCUT2D eigenvalue weighted by Crippen LogP contribution is -2.48. The Morgan fingerprint density at radius 1 is 1.19 bits per heavy atom. The number of hydrogen-bond donors (Lipinski definition) is 2. The third-order valence-corrected chi connectivity index (χ3v) is 6.36. The van der Waals surface area contributed by atoms with E-state index in [0.29, 0.717) is 15.5 Å². The topological polar surface area (TPSA) is 78.5 Å². The van der Waals surface area contributed by atoms with Crippen LogP contribution in [0.5, 0.6) is 0 Å². The Hall–Kier alpha value is -2.64. The minimum atomic E-state index is -0.845. The molecular formula is C23H26ClN3O3S. The number of amides is 3. The van der Waals surface area contributed by atoms with E-state index in [0.717, 1.165) is 25.7 Å². The smallest absolute Gasteiger partial charge is 0.261 e. The first-order chi connectivity index (χ1) is 15.0. The van der Waals surface area contributed by atoms with Gasteiger partial charge in [0.15, 0.2) is 0 Å². The minimum absolute atomic E-state index is 0.113. The van der Waals surface area contributed by atoms with Crippen molar-refractivity contribution >= 4 is 40.7 Å². The molecule has 0 spiro atoms. The summed E-state index contributed by atoms with van der Waals surface area (Å²) in [6, 6.07) is 9.61. The third-order valence-electron chi connectivity index (χ3n) is 5.24. The average molecular weight is 460 g/mol. The van der Waals surface area contributed by atoms with Crippen molar-refractivity contribution in [3.8, 4) is 0 Å². The van der Waals surface area contributed by atoms with E-state index < -0.39 is 6.04 Å². The molecule has 2 N–H and O–H groups in total. The van der Waals surface area contributed by atoms with E-state index >= 15 is 0 Å². The molecule has 0 aliphatic heterocycles. The van der Waals surface area contributed by atoms with Crippen molar-refractivity contribution in [2.45, 2.75) is 37.8 Å². The van der Waals surface area contributed by atoms with Gasteiger partial charge in [0, 0.05) is 17.6 Å². The van der Waals surface area contributed by atoms with Gasteiger partial charge < -0.3 is 15.5 Å². The van der Waals surface area contributed by atoms with E-state index in [9.17, 15) is 14.4 Å². The zero-order valence-electron chi connectivity index (χ0n) is 17.2. The molecule has 2 aromatic rings. The van der Waals surface area contributed by atoms with Gasteiger partial charge in [0.25, 0.3) is 5.91 Å².